The molecule has 0 saturated carbocycles. The molecule has 1 saturated heterocycles. The lowest BCUT2D eigenvalue weighted by Gasteiger charge is -2.26. The van der Waals surface area contributed by atoms with Crippen LogP contribution in [0.15, 0.2) is 18.2 Å². The molecule has 19 heavy (non-hydrogen) atoms. The summed E-state index contributed by atoms with van der Waals surface area (Å²) in [4.78, 5) is 10.6. The maximum absolute atomic E-state index is 11.0. The van der Waals surface area contributed by atoms with Gasteiger partial charge in [-0.25, -0.2) is 0 Å². The van der Waals surface area contributed by atoms with Crippen molar-refractivity contribution >= 4 is 34.0 Å². The van der Waals surface area contributed by atoms with E-state index < -0.39 is 10.5 Å². The van der Waals surface area contributed by atoms with Gasteiger partial charge in [0.05, 0.1) is 11.0 Å². The summed E-state index contributed by atoms with van der Waals surface area (Å²) < 4.78 is 6.13. The van der Waals surface area contributed by atoms with Gasteiger partial charge in [0.25, 0.3) is 5.69 Å². The second kappa shape index (κ2) is 5.59. The summed E-state index contributed by atoms with van der Waals surface area (Å²) >= 11 is 2.03. The van der Waals surface area contributed by atoms with Gasteiger partial charge >= 0.3 is 0 Å². The van der Waals surface area contributed by atoms with Gasteiger partial charge in [0.2, 0.25) is 0 Å². The molecule has 2 N–H and O–H groups in total. The van der Waals surface area contributed by atoms with Crippen molar-refractivity contribution in [2.75, 3.05) is 18.5 Å². The lowest BCUT2D eigenvalue weighted by molar-refractivity contribution is -0.384. The van der Waals surface area contributed by atoms with Gasteiger partial charge in [0, 0.05) is 29.2 Å². The first-order chi connectivity index (χ1) is 8.92. The summed E-state index contributed by atoms with van der Waals surface area (Å²) in [6, 6.07) is 4.94. The highest BCUT2D eigenvalue weighted by atomic mass is 127. The van der Waals surface area contributed by atoms with Crippen molar-refractivity contribution in [3.8, 4) is 0 Å². The van der Waals surface area contributed by atoms with Gasteiger partial charge in [-0.3, -0.25) is 10.1 Å². The third-order valence-corrected chi connectivity index (χ3v) is 4.07. The molecule has 104 valence electrons. The van der Waals surface area contributed by atoms with Crippen LogP contribution in [0.2, 0.25) is 0 Å². The Morgan fingerprint density at radius 3 is 3.00 bits per heavy atom. The number of nitrogens with zero attached hydrogens (tertiary/aromatic N) is 1. The Labute approximate surface area is 124 Å². The zero-order valence-corrected chi connectivity index (χ0v) is 12.6. The monoisotopic (exact) mass is 378 g/mol. The molecule has 0 spiro atoms. The van der Waals surface area contributed by atoms with Crippen LogP contribution in [-0.4, -0.2) is 34.9 Å². The largest absolute Gasteiger partial charge is 0.385 e. The number of benzene rings is 1. The van der Waals surface area contributed by atoms with Crippen molar-refractivity contribution in [3.63, 3.8) is 0 Å². The molecule has 1 aromatic carbocycles. The fourth-order valence-corrected chi connectivity index (χ4v) is 2.53. The number of halogens is 1. The van der Waals surface area contributed by atoms with Crippen molar-refractivity contribution in [3.05, 3.63) is 31.9 Å². The number of aliphatic hydroxyl groups is 1. The van der Waals surface area contributed by atoms with Gasteiger partial charge in [-0.2, -0.15) is 0 Å². The molecule has 0 aliphatic carbocycles. The molecule has 7 heteroatoms. The third kappa shape index (κ3) is 3.15. The minimum atomic E-state index is -0.975. The fraction of sp³-hybridized carbons (Fsp3) is 0.500. The number of hydrogen-bond donors (Lipinski definition) is 2. The summed E-state index contributed by atoms with van der Waals surface area (Å²) in [5.41, 5.74) is -0.545. The third-order valence-electron chi connectivity index (χ3n) is 3.40. The number of nitro groups is 1. The average Bonchev–Trinajstić information content (AvgIpc) is 2.68. The molecule has 2 rings (SSSR count). The Bertz CT molecular complexity index is 497. The Morgan fingerprint density at radius 1 is 1.68 bits per heavy atom. The molecule has 0 bridgehead atoms. The molecular formula is C12H15IN2O4. The molecule has 0 radical (unpaired) electrons. The van der Waals surface area contributed by atoms with E-state index in [1.807, 2.05) is 22.6 Å². The molecule has 6 nitrogen and oxygen atoms in total. The average molecular weight is 378 g/mol. The first-order valence-corrected chi connectivity index (χ1v) is 7.02. The molecule has 1 heterocycles. The van der Waals surface area contributed by atoms with Crippen LogP contribution < -0.4 is 5.32 Å². The van der Waals surface area contributed by atoms with Crippen molar-refractivity contribution in [2.45, 2.75) is 25.0 Å². The van der Waals surface area contributed by atoms with Crippen LogP contribution in [0.3, 0.4) is 0 Å². The van der Waals surface area contributed by atoms with E-state index in [2.05, 4.69) is 5.32 Å². The van der Waals surface area contributed by atoms with E-state index in [0.717, 1.165) is 3.57 Å². The van der Waals surface area contributed by atoms with Gasteiger partial charge in [-0.15, -0.1) is 0 Å². The Balaban J connectivity index is 2.13. The lowest BCUT2D eigenvalue weighted by Crippen LogP contribution is -2.43. The summed E-state index contributed by atoms with van der Waals surface area (Å²) in [5, 5.41) is 24.3. The number of nitro benzene ring substituents is 1. The van der Waals surface area contributed by atoms with Crippen molar-refractivity contribution in [2.24, 2.45) is 0 Å². The molecule has 2 unspecified atom stereocenters. The zero-order valence-electron chi connectivity index (χ0n) is 10.4. The Kier molecular flexibility index (Phi) is 4.26. The minimum absolute atomic E-state index is 0.0158. The number of nitrogens with one attached hydrogen (secondary N) is 1. The van der Waals surface area contributed by atoms with Crippen molar-refractivity contribution in [1.29, 1.82) is 0 Å². The highest BCUT2D eigenvalue weighted by Crippen LogP contribution is 2.30. The second-order valence-corrected chi connectivity index (χ2v) is 5.88. The fourth-order valence-electron chi connectivity index (χ4n) is 2.06. The predicted molar refractivity (Wildman–Crippen MR) is 79.3 cm³/mol. The van der Waals surface area contributed by atoms with Crippen LogP contribution in [0.1, 0.15) is 13.3 Å². The summed E-state index contributed by atoms with van der Waals surface area (Å²) in [5.74, 6) is 0. The summed E-state index contributed by atoms with van der Waals surface area (Å²) in [6.45, 7) is 2.54. The van der Waals surface area contributed by atoms with Gasteiger partial charge in [-0.05, 0) is 41.6 Å². The predicted octanol–water partition coefficient (Wildman–Crippen LogP) is 2.15. The van der Waals surface area contributed by atoms with Crippen LogP contribution in [0.4, 0.5) is 11.4 Å². The van der Waals surface area contributed by atoms with E-state index >= 15 is 0 Å². The Morgan fingerprint density at radius 2 is 2.42 bits per heavy atom. The molecule has 0 amide bonds. The number of rotatable bonds is 4. The first-order valence-electron chi connectivity index (χ1n) is 5.94. The van der Waals surface area contributed by atoms with Gasteiger partial charge in [-0.1, -0.05) is 0 Å². The highest BCUT2D eigenvalue weighted by Gasteiger charge is 2.39. The molecule has 1 aromatic rings. The SMILES string of the molecule is CC1OCCC1(O)CNc1ccc(I)cc1[N+](=O)[O-]. The van der Waals surface area contributed by atoms with E-state index in [1.165, 1.54) is 6.07 Å². The number of hydrogen-bond acceptors (Lipinski definition) is 5. The van der Waals surface area contributed by atoms with Crippen LogP contribution in [0.5, 0.6) is 0 Å². The van der Waals surface area contributed by atoms with E-state index in [0.29, 0.717) is 18.7 Å². The topological polar surface area (TPSA) is 84.6 Å². The maximum Gasteiger partial charge on any atom is 0.293 e. The van der Waals surface area contributed by atoms with Crippen LogP contribution in [0, 0.1) is 13.7 Å². The zero-order chi connectivity index (χ0) is 14.0. The molecule has 1 aliphatic heterocycles. The Hall–Kier alpha value is -0.930. The summed E-state index contributed by atoms with van der Waals surface area (Å²) in [7, 11) is 0. The van der Waals surface area contributed by atoms with Crippen LogP contribution in [0.25, 0.3) is 0 Å². The quantitative estimate of drug-likeness (QED) is 0.477. The number of anilines is 1. The van der Waals surface area contributed by atoms with E-state index in [1.54, 1.807) is 19.1 Å². The van der Waals surface area contributed by atoms with E-state index in [4.69, 9.17) is 4.74 Å². The van der Waals surface area contributed by atoms with Gasteiger partial charge < -0.3 is 15.2 Å². The molecule has 1 fully saturated rings. The highest BCUT2D eigenvalue weighted by molar-refractivity contribution is 14.1. The number of ether oxygens (including phenoxy) is 1. The van der Waals surface area contributed by atoms with Crippen LogP contribution in [-0.2, 0) is 4.74 Å². The van der Waals surface area contributed by atoms with Crippen LogP contribution >= 0.6 is 22.6 Å². The normalized spacial score (nSPS) is 26.4. The second-order valence-electron chi connectivity index (χ2n) is 4.64. The molecule has 1 aliphatic rings. The van der Waals surface area contributed by atoms with E-state index in [9.17, 15) is 15.2 Å². The summed E-state index contributed by atoms with van der Waals surface area (Å²) in [6.07, 6.45) is 0.252. The lowest BCUT2D eigenvalue weighted by atomic mass is 9.96. The minimum Gasteiger partial charge on any atom is -0.385 e. The first kappa shape index (κ1) is 14.5. The van der Waals surface area contributed by atoms with Crippen molar-refractivity contribution < 1.29 is 14.8 Å². The van der Waals surface area contributed by atoms with Gasteiger partial charge in [0.1, 0.15) is 11.3 Å². The smallest absolute Gasteiger partial charge is 0.293 e. The molecular weight excluding hydrogens is 363 g/mol. The standard InChI is InChI=1S/C12H15IN2O4/c1-8-12(16,4-5-19-8)7-14-10-3-2-9(13)6-11(10)15(17)18/h2-3,6,8,14,16H,4-5,7H2,1H3. The maximum atomic E-state index is 11.0. The van der Waals surface area contributed by atoms with Crippen molar-refractivity contribution in [1.82, 2.24) is 0 Å². The van der Waals surface area contributed by atoms with Gasteiger partial charge in [0.15, 0.2) is 0 Å². The molecule has 2 atom stereocenters. The van der Waals surface area contributed by atoms with E-state index in [-0.39, 0.29) is 18.3 Å². The molecule has 0 aromatic heterocycles.